The molecule has 0 N–H and O–H groups in total. The van der Waals surface area contributed by atoms with Crippen LogP contribution in [0.2, 0.25) is 0 Å². The molecule has 1 heterocycles. The highest BCUT2D eigenvalue weighted by molar-refractivity contribution is 5.41. The number of halogens is 3. The van der Waals surface area contributed by atoms with Gasteiger partial charge in [-0.2, -0.15) is 5.26 Å². The Bertz CT molecular complexity index is 452. The molecule has 0 atom stereocenters. The van der Waals surface area contributed by atoms with Crippen molar-refractivity contribution in [1.29, 1.82) is 5.26 Å². The van der Waals surface area contributed by atoms with Gasteiger partial charge in [0.15, 0.2) is 0 Å². The fourth-order valence-corrected chi connectivity index (χ4v) is 1.21. The highest BCUT2D eigenvalue weighted by Crippen LogP contribution is 2.31. The first kappa shape index (κ1) is 13.1. The Hall–Kier alpha value is -1.97. The van der Waals surface area contributed by atoms with Crippen molar-refractivity contribution in [1.82, 2.24) is 4.98 Å². The topological polar surface area (TPSA) is 55.1 Å². The quantitative estimate of drug-likeness (QED) is 0.821. The first-order chi connectivity index (χ1) is 7.87. The Morgan fingerprint density at radius 2 is 2.12 bits per heavy atom. The fourth-order valence-electron chi connectivity index (χ4n) is 1.21. The average Bonchev–Trinajstić information content (AvgIpc) is 2.21. The van der Waals surface area contributed by atoms with Crippen LogP contribution in [0, 0.1) is 18.3 Å². The number of ether oxygens (including phenoxy) is 2. The zero-order chi connectivity index (χ0) is 13.1. The summed E-state index contributed by atoms with van der Waals surface area (Å²) in [5.74, 6) is -0.397. The molecule has 1 rings (SSSR count). The molecule has 7 heteroatoms. The van der Waals surface area contributed by atoms with Gasteiger partial charge < -0.3 is 9.47 Å². The van der Waals surface area contributed by atoms with Crippen LogP contribution in [-0.4, -0.2) is 18.5 Å². The van der Waals surface area contributed by atoms with Gasteiger partial charge in [-0.15, -0.1) is 13.2 Å². The van der Waals surface area contributed by atoms with Gasteiger partial charge in [-0.25, -0.2) is 4.98 Å². The van der Waals surface area contributed by atoms with E-state index in [-0.39, 0.29) is 23.6 Å². The maximum atomic E-state index is 12.1. The van der Waals surface area contributed by atoms with E-state index >= 15 is 0 Å². The second kappa shape index (κ2) is 4.91. The van der Waals surface area contributed by atoms with Crippen molar-refractivity contribution in [2.45, 2.75) is 19.7 Å². The zero-order valence-corrected chi connectivity index (χ0v) is 9.13. The van der Waals surface area contributed by atoms with E-state index in [2.05, 4.69) is 9.72 Å². The monoisotopic (exact) mass is 246 g/mol. The van der Waals surface area contributed by atoms with Gasteiger partial charge in [-0.05, 0) is 6.92 Å². The molecular weight excluding hydrogens is 237 g/mol. The van der Waals surface area contributed by atoms with Crippen LogP contribution in [0.3, 0.4) is 0 Å². The summed E-state index contributed by atoms with van der Waals surface area (Å²) in [6.07, 6.45) is -4.91. The standard InChI is InChI=1S/C10H9F3N2O2/c1-6-8(17-10(11,12)13)5-7(3-4-14)15-9(6)16-2/h5H,3H2,1-2H3. The van der Waals surface area contributed by atoms with Crippen molar-refractivity contribution < 1.29 is 22.6 Å². The lowest BCUT2D eigenvalue weighted by Crippen LogP contribution is -2.18. The molecule has 4 nitrogen and oxygen atoms in total. The second-order valence-corrected chi connectivity index (χ2v) is 3.13. The Kier molecular flexibility index (Phi) is 3.78. The summed E-state index contributed by atoms with van der Waals surface area (Å²) in [6, 6.07) is 2.87. The summed E-state index contributed by atoms with van der Waals surface area (Å²) in [5, 5.41) is 8.48. The largest absolute Gasteiger partial charge is 0.573 e. The number of rotatable bonds is 3. The maximum absolute atomic E-state index is 12.1. The van der Waals surface area contributed by atoms with Gasteiger partial charge in [0.1, 0.15) is 5.75 Å². The minimum atomic E-state index is -4.79. The predicted octanol–water partition coefficient (Wildman–Crippen LogP) is 2.36. The molecule has 0 amide bonds. The van der Waals surface area contributed by atoms with Crippen molar-refractivity contribution in [3.8, 4) is 17.7 Å². The number of hydrogen-bond donors (Lipinski definition) is 0. The Morgan fingerprint density at radius 3 is 2.59 bits per heavy atom. The third-order valence-electron chi connectivity index (χ3n) is 1.91. The number of alkyl halides is 3. The summed E-state index contributed by atoms with van der Waals surface area (Å²) in [4.78, 5) is 3.88. The van der Waals surface area contributed by atoms with E-state index in [0.29, 0.717) is 0 Å². The van der Waals surface area contributed by atoms with E-state index in [1.807, 2.05) is 0 Å². The van der Waals surface area contributed by atoms with Crippen LogP contribution >= 0.6 is 0 Å². The van der Waals surface area contributed by atoms with Crippen LogP contribution < -0.4 is 9.47 Å². The minimum absolute atomic E-state index is 0.0111. The first-order valence-corrected chi connectivity index (χ1v) is 4.54. The first-order valence-electron chi connectivity index (χ1n) is 4.54. The molecule has 0 spiro atoms. The van der Waals surface area contributed by atoms with Gasteiger partial charge in [-0.1, -0.05) is 0 Å². The minimum Gasteiger partial charge on any atom is -0.481 e. The lowest BCUT2D eigenvalue weighted by Gasteiger charge is -2.14. The fraction of sp³-hybridized carbons (Fsp3) is 0.400. The molecule has 1 aromatic heterocycles. The second-order valence-electron chi connectivity index (χ2n) is 3.13. The molecule has 0 saturated carbocycles. The normalized spacial score (nSPS) is 10.8. The lowest BCUT2D eigenvalue weighted by molar-refractivity contribution is -0.274. The maximum Gasteiger partial charge on any atom is 0.573 e. The molecule has 0 aliphatic rings. The van der Waals surface area contributed by atoms with Crippen LogP contribution in [-0.2, 0) is 6.42 Å². The molecule has 1 aromatic rings. The third-order valence-corrected chi connectivity index (χ3v) is 1.91. The van der Waals surface area contributed by atoms with E-state index in [0.717, 1.165) is 6.07 Å². The summed E-state index contributed by atoms with van der Waals surface area (Å²) < 4.78 is 45.0. The van der Waals surface area contributed by atoms with E-state index < -0.39 is 12.1 Å². The molecule has 17 heavy (non-hydrogen) atoms. The summed E-state index contributed by atoms with van der Waals surface area (Å²) in [5.41, 5.74) is 0.292. The van der Waals surface area contributed by atoms with Gasteiger partial charge in [0.2, 0.25) is 5.88 Å². The molecule has 0 unspecified atom stereocenters. The zero-order valence-electron chi connectivity index (χ0n) is 9.13. The number of pyridine rings is 1. The van der Waals surface area contributed by atoms with E-state index in [1.54, 1.807) is 6.07 Å². The van der Waals surface area contributed by atoms with Crippen LogP contribution in [0.5, 0.6) is 11.6 Å². The Balaban J connectivity index is 3.19. The van der Waals surface area contributed by atoms with Crippen molar-refractivity contribution in [3.63, 3.8) is 0 Å². The van der Waals surface area contributed by atoms with Crippen molar-refractivity contribution in [2.24, 2.45) is 0 Å². The smallest absolute Gasteiger partial charge is 0.481 e. The number of nitriles is 1. The van der Waals surface area contributed by atoms with Crippen LogP contribution in [0.1, 0.15) is 11.3 Å². The van der Waals surface area contributed by atoms with Crippen LogP contribution in [0.4, 0.5) is 13.2 Å². The molecule has 0 aromatic carbocycles. The van der Waals surface area contributed by atoms with Crippen molar-refractivity contribution in [3.05, 3.63) is 17.3 Å². The van der Waals surface area contributed by atoms with Crippen molar-refractivity contribution in [2.75, 3.05) is 7.11 Å². The van der Waals surface area contributed by atoms with E-state index in [1.165, 1.54) is 14.0 Å². The van der Waals surface area contributed by atoms with Gasteiger partial charge in [-0.3, -0.25) is 0 Å². The number of methoxy groups -OCH3 is 1. The predicted molar refractivity (Wildman–Crippen MR) is 51.5 cm³/mol. The number of hydrogen-bond acceptors (Lipinski definition) is 4. The molecule has 0 aliphatic heterocycles. The number of nitrogens with zero attached hydrogens (tertiary/aromatic N) is 2. The molecule has 0 bridgehead atoms. The lowest BCUT2D eigenvalue weighted by atomic mass is 10.2. The molecule has 0 fully saturated rings. The van der Waals surface area contributed by atoms with Gasteiger partial charge in [0, 0.05) is 6.07 Å². The Morgan fingerprint density at radius 1 is 1.47 bits per heavy atom. The van der Waals surface area contributed by atoms with Gasteiger partial charge >= 0.3 is 6.36 Å². The van der Waals surface area contributed by atoms with E-state index in [4.69, 9.17) is 10.00 Å². The Labute approximate surface area is 95.6 Å². The molecule has 0 saturated heterocycles. The molecule has 92 valence electrons. The molecule has 0 radical (unpaired) electrons. The number of aromatic nitrogens is 1. The summed E-state index contributed by atoms with van der Waals surface area (Å²) in [7, 11) is 1.28. The summed E-state index contributed by atoms with van der Waals surface area (Å²) in [6.45, 7) is 1.39. The summed E-state index contributed by atoms with van der Waals surface area (Å²) >= 11 is 0. The van der Waals surface area contributed by atoms with Gasteiger partial charge in [0.05, 0.1) is 30.9 Å². The van der Waals surface area contributed by atoms with Crippen LogP contribution in [0.15, 0.2) is 6.07 Å². The van der Waals surface area contributed by atoms with Crippen LogP contribution in [0.25, 0.3) is 0 Å². The van der Waals surface area contributed by atoms with Gasteiger partial charge in [0.25, 0.3) is 0 Å². The van der Waals surface area contributed by atoms with Crippen molar-refractivity contribution >= 4 is 0 Å². The average molecular weight is 246 g/mol. The highest BCUT2D eigenvalue weighted by Gasteiger charge is 2.32. The SMILES string of the molecule is COc1nc(CC#N)cc(OC(F)(F)F)c1C. The molecule has 0 aliphatic carbocycles. The molecular formula is C10H9F3N2O2. The highest BCUT2D eigenvalue weighted by atomic mass is 19.4. The van der Waals surface area contributed by atoms with E-state index in [9.17, 15) is 13.2 Å². The third kappa shape index (κ3) is 3.52.